The summed E-state index contributed by atoms with van der Waals surface area (Å²) < 4.78 is 5.46. The molecule has 0 radical (unpaired) electrons. The first kappa shape index (κ1) is 21.5. The number of nitrogens with zero attached hydrogens (tertiary/aromatic N) is 1. The average molecular weight is 436 g/mol. The molecule has 0 saturated carbocycles. The molecular weight excluding hydrogens is 412 g/mol. The molecule has 166 valence electrons. The van der Waals surface area contributed by atoms with Crippen molar-refractivity contribution in [3.05, 3.63) is 41.5 Å². The van der Waals surface area contributed by atoms with E-state index in [1.165, 1.54) is 25.0 Å². The standard InChI is InChI=1S/C24H24N2O6/c1-5-16(27)12(2)21(28)24(3)11-13-9-10-17(32-4)19-20(13)26(23(24)31)15-8-6-7-14(22(29)30)18(15)25-19/h6-10,12,25H,5,11H2,1-4H3,(H,29,30)/t12-,24-/m1/s1. The number of carbonyl (C=O) groups excluding carboxylic acids is 3. The minimum atomic E-state index is -1.48. The zero-order chi connectivity index (χ0) is 23.4. The second-order valence-electron chi connectivity index (χ2n) is 8.34. The third-order valence-electron chi connectivity index (χ3n) is 6.42. The number of ketones is 2. The highest BCUT2D eigenvalue weighted by Gasteiger charge is 2.52. The number of aromatic carboxylic acids is 1. The van der Waals surface area contributed by atoms with Gasteiger partial charge in [-0.25, -0.2) is 4.79 Å². The van der Waals surface area contributed by atoms with Crippen molar-refractivity contribution in [1.82, 2.24) is 0 Å². The molecule has 2 aliphatic rings. The Morgan fingerprint density at radius 3 is 2.56 bits per heavy atom. The van der Waals surface area contributed by atoms with Crippen molar-refractivity contribution < 1.29 is 29.0 Å². The first-order valence-corrected chi connectivity index (χ1v) is 10.4. The number of benzene rings is 2. The maximum absolute atomic E-state index is 13.9. The van der Waals surface area contributed by atoms with E-state index < -0.39 is 29.0 Å². The van der Waals surface area contributed by atoms with E-state index in [4.69, 9.17) is 4.74 Å². The summed E-state index contributed by atoms with van der Waals surface area (Å²) in [5, 5.41) is 12.8. The molecule has 0 spiro atoms. The molecule has 2 aromatic rings. The number of fused-ring (bicyclic) bond motifs is 2. The molecule has 2 heterocycles. The predicted octanol–water partition coefficient (Wildman–Crippen LogP) is 3.86. The van der Waals surface area contributed by atoms with E-state index >= 15 is 0 Å². The van der Waals surface area contributed by atoms with Gasteiger partial charge in [-0.1, -0.05) is 19.1 Å². The lowest BCUT2D eigenvalue weighted by atomic mass is 9.70. The first-order chi connectivity index (χ1) is 15.2. The number of carboxylic acid groups (broad SMARTS) is 1. The Balaban J connectivity index is 1.97. The third kappa shape index (κ3) is 2.90. The number of Topliss-reactive ketones (excluding diaryl/α,β-unsaturated/α-hetero) is 2. The summed E-state index contributed by atoms with van der Waals surface area (Å²) in [4.78, 5) is 52.9. The topological polar surface area (TPSA) is 113 Å². The maximum Gasteiger partial charge on any atom is 0.337 e. The van der Waals surface area contributed by atoms with Crippen molar-refractivity contribution in [3.8, 4) is 5.75 Å². The van der Waals surface area contributed by atoms with Crippen LogP contribution in [0.2, 0.25) is 0 Å². The summed E-state index contributed by atoms with van der Waals surface area (Å²) in [7, 11) is 1.49. The van der Waals surface area contributed by atoms with Crippen LogP contribution in [0.4, 0.5) is 22.7 Å². The van der Waals surface area contributed by atoms with E-state index in [1.807, 2.05) is 0 Å². The number of methoxy groups -OCH3 is 1. The van der Waals surface area contributed by atoms with Gasteiger partial charge >= 0.3 is 5.97 Å². The molecule has 0 unspecified atom stereocenters. The van der Waals surface area contributed by atoms with Gasteiger partial charge in [0.2, 0.25) is 5.91 Å². The van der Waals surface area contributed by atoms with Gasteiger partial charge in [0.05, 0.1) is 35.7 Å². The summed E-state index contributed by atoms with van der Waals surface area (Å²) in [5.41, 5.74) is 0.816. The molecule has 0 aliphatic carbocycles. The quantitative estimate of drug-likeness (QED) is 0.661. The van der Waals surface area contributed by atoms with Gasteiger partial charge in [-0.15, -0.1) is 0 Å². The lowest BCUT2D eigenvalue weighted by Crippen LogP contribution is -2.53. The Hall–Kier alpha value is -3.68. The number of anilines is 4. The molecule has 8 nitrogen and oxygen atoms in total. The Morgan fingerprint density at radius 1 is 1.22 bits per heavy atom. The van der Waals surface area contributed by atoms with Crippen molar-refractivity contribution in [2.24, 2.45) is 11.3 Å². The second-order valence-corrected chi connectivity index (χ2v) is 8.34. The van der Waals surface area contributed by atoms with Gasteiger partial charge in [-0.3, -0.25) is 19.3 Å². The highest BCUT2D eigenvalue weighted by molar-refractivity contribution is 6.24. The summed E-state index contributed by atoms with van der Waals surface area (Å²) in [6, 6.07) is 8.14. The molecule has 2 aliphatic heterocycles. The van der Waals surface area contributed by atoms with Crippen LogP contribution >= 0.6 is 0 Å². The van der Waals surface area contributed by atoms with Crippen LogP contribution in [0, 0.1) is 11.3 Å². The summed E-state index contributed by atoms with van der Waals surface area (Å²) >= 11 is 0. The average Bonchev–Trinajstić information content (AvgIpc) is 2.79. The first-order valence-electron chi connectivity index (χ1n) is 10.4. The largest absolute Gasteiger partial charge is 0.494 e. The maximum atomic E-state index is 13.9. The summed E-state index contributed by atoms with van der Waals surface area (Å²) in [6.07, 6.45) is 0.331. The summed E-state index contributed by atoms with van der Waals surface area (Å²) in [5.74, 6) is -2.78. The molecule has 4 rings (SSSR count). The van der Waals surface area contributed by atoms with Crippen molar-refractivity contribution in [1.29, 1.82) is 0 Å². The molecule has 0 saturated heterocycles. The Kier molecular flexibility index (Phi) is 5.03. The molecule has 0 aromatic heterocycles. The van der Waals surface area contributed by atoms with Gasteiger partial charge in [-0.2, -0.15) is 0 Å². The van der Waals surface area contributed by atoms with Gasteiger partial charge in [0.15, 0.2) is 5.78 Å². The van der Waals surface area contributed by atoms with Crippen LogP contribution in [-0.4, -0.2) is 35.7 Å². The number of carbonyl (C=O) groups is 4. The molecular formula is C24H24N2O6. The van der Waals surface area contributed by atoms with Crippen LogP contribution in [0.25, 0.3) is 0 Å². The van der Waals surface area contributed by atoms with Crippen molar-refractivity contribution in [3.63, 3.8) is 0 Å². The van der Waals surface area contributed by atoms with Gasteiger partial charge in [-0.05, 0) is 44.0 Å². The highest BCUT2D eigenvalue weighted by atomic mass is 16.5. The number of hydrogen-bond acceptors (Lipinski definition) is 6. The lowest BCUT2D eigenvalue weighted by molar-refractivity contribution is -0.144. The minimum Gasteiger partial charge on any atom is -0.494 e. The number of para-hydroxylation sites is 1. The molecule has 32 heavy (non-hydrogen) atoms. The van der Waals surface area contributed by atoms with E-state index in [0.29, 0.717) is 22.8 Å². The minimum absolute atomic E-state index is 0.0125. The molecule has 0 bridgehead atoms. The second kappa shape index (κ2) is 7.47. The van der Waals surface area contributed by atoms with Crippen molar-refractivity contribution in [2.75, 3.05) is 17.3 Å². The number of nitrogens with one attached hydrogen (secondary N) is 1. The highest BCUT2D eigenvalue weighted by Crippen LogP contribution is 2.55. The van der Waals surface area contributed by atoms with Crippen LogP contribution in [0.3, 0.4) is 0 Å². The fourth-order valence-electron chi connectivity index (χ4n) is 4.62. The van der Waals surface area contributed by atoms with E-state index in [2.05, 4.69) is 5.32 Å². The molecule has 2 atom stereocenters. The number of amides is 1. The van der Waals surface area contributed by atoms with Crippen molar-refractivity contribution in [2.45, 2.75) is 33.6 Å². The smallest absolute Gasteiger partial charge is 0.337 e. The molecule has 2 aromatic carbocycles. The molecule has 0 fully saturated rings. The van der Waals surface area contributed by atoms with Crippen molar-refractivity contribution >= 4 is 46.2 Å². The molecule has 8 heteroatoms. The predicted molar refractivity (Wildman–Crippen MR) is 118 cm³/mol. The van der Waals surface area contributed by atoms with Gasteiger partial charge in [0.25, 0.3) is 0 Å². The molecule has 1 amide bonds. The Labute approximate surface area is 185 Å². The monoisotopic (exact) mass is 436 g/mol. The third-order valence-corrected chi connectivity index (χ3v) is 6.42. The number of rotatable bonds is 6. The van der Waals surface area contributed by atoms with E-state index in [1.54, 1.807) is 38.1 Å². The zero-order valence-electron chi connectivity index (χ0n) is 18.3. The fraction of sp³-hybridized carbons (Fsp3) is 0.333. The van der Waals surface area contributed by atoms with E-state index in [0.717, 1.165) is 5.56 Å². The van der Waals surface area contributed by atoms with E-state index in [9.17, 15) is 24.3 Å². The van der Waals surface area contributed by atoms with Gasteiger partial charge in [0.1, 0.15) is 22.6 Å². The normalized spacial score (nSPS) is 19.4. The number of ether oxygens (including phenoxy) is 1. The Bertz CT molecular complexity index is 1190. The Morgan fingerprint density at radius 2 is 1.94 bits per heavy atom. The summed E-state index contributed by atoms with van der Waals surface area (Å²) in [6.45, 7) is 4.79. The molecule has 2 N–H and O–H groups in total. The van der Waals surface area contributed by atoms with Gasteiger partial charge < -0.3 is 15.2 Å². The van der Waals surface area contributed by atoms with E-state index in [-0.39, 0.29) is 29.9 Å². The van der Waals surface area contributed by atoms with Gasteiger partial charge in [0, 0.05) is 6.42 Å². The fourth-order valence-corrected chi connectivity index (χ4v) is 4.62. The van der Waals surface area contributed by atoms with Crippen LogP contribution in [0.5, 0.6) is 5.75 Å². The lowest BCUT2D eigenvalue weighted by Gasteiger charge is -2.44. The van der Waals surface area contributed by atoms with Crippen LogP contribution in [0.1, 0.15) is 43.1 Å². The number of hydrogen-bond donors (Lipinski definition) is 2. The van der Waals surface area contributed by atoms with Crippen LogP contribution in [-0.2, 0) is 20.8 Å². The van der Waals surface area contributed by atoms with Crippen LogP contribution < -0.4 is 15.0 Å². The number of carboxylic acids is 1. The zero-order valence-corrected chi connectivity index (χ0v) is 18.3. The van der Waals surface area contributed by atoms with Crippen LogP contribution in [0.15, 0.2) is 30.3 Å². The SMILES string of the molecule is CCC(=O)[C@@H](C)C(=O)[C@@]1(C)Cc2ccc(OC)c3c2N(C1=O)c1cccc(C(=O)O)c1N3.